The maximum Gasteiger partial charge on any atom is 0.326 e. The number of thiol groups is 1. The van der Waals surface area contributed by atoms with Gasteiger partial charge in [-0.15, -0.1) is 34.2 Å². The number of hydrogen-bond acceptors (Lipinski definition) is 7. The SMILES string of the molecule is CC(C)CN(C(=O)Nc1ccc(-c2nn[nH]n2)cc1)c1ccc2nc(S)sc2c1. The third-order valence-electron chi connectivity index (χ3n) is 4.20. The third-order valence-corrected chi connectivity index (χ3v) is 5.40. The lowest BCUT2D eigenvalue weighted by atomic mass is 10.2. The van der Waals surface area contributed by atoms with E-state index in [9.17, 15) is 4.79 Å². The largest absolute Gasteiger partial charge is 0.326 e. The fourth-order valence-corrected chi connectivity index (χ4v) is 4.06. The van der Waals surface area contributed by atoms with Gasteiger partial charge in [-0.3, -0.25) is 4.90 Å². The predicted molar refractivity (Wildman–Crippen MR) is 118 cm³/mol. The van der Waals surface area contributed by atoms with Crippen LogP contribution in [0.3, 0.4) is 0 Å². The first kappa shape index (κ1) is 19.3. The molecule has 2 amide bonds. The van der Waals surface area contributed by atoms with Gasteiger partial charge in [0, 0.05) is 23.5 Å². The summed E-state index contributed by atoms with van der Waals surface area (Å²) in [5.41, 5.74) is 3.20. The van der Waals surface area contributed by atoms with Gasteiger partial charge in [-0.1, -0.05) is 13.8 Å². The smallest absolute Gasteiger partial charge is 0.308 e. The highest BCUT2D eigenvalue weighted by molar-refractivity contribution is 7.82. The number of fused-ring (bicyclic) bond motifs is 1. The van der Waals surface area contributed by atoms with Crippen LogP contribution in [-0.4, -0.2) is 38.2 Å². The van der Waals surface area contributed by atoms with Gasteiger partial charge in [0.05, 0.1) is 10.2 Å². The van der Waals surface area contributed by atoms with E-state index in [1.54, 1.807) is 4.90 Å². The van der Waals surface area contributed by atoms with E-state index < -0.39 is 0 Å². The summed E-state index contributed by atoms with van der Waals surface area (Å²) in [6.45, 7) is 4.75. The Kier molecular flexibility index (Phi) is 5.45. The van der Waals surface area contributed by atoms with E-state index >= 15 is 0 Å². The summed E-state index contributed by atoms with van der Waals surface area (Å²) < 4.78 is 1.71. The highest BCUT2D eigenvalue weighted by Crippen LogP contribution is 2.29. The van der Waals surface area contributed by atoms with Crippen molar-refractivity contribution >= 4 is 51.6 Å². The lowest BCUT2D eigenvalue weighted by molar-refractivity contribution is 0.256. The Labute approximate surface area is 176 Å². The molecular formula is C19H19N7OS2. The molecule has 0 atom stereocenters. The van der Waals surface area contributed by atoms with Crippen molar-refractivity contribution in [2.24, 2.45) is 5.92 Å². The van der Waals surface area contributed by atoms with Crippen LogP contribution in [0.4, 0.5) is 16.2 Å². The molecule has 29 heavy (non-hydrogen) atoms. The second kappa shape index (κ2) is 8.18. The zero-order valence-electron chi connectivity index (χ0n) is 15.8. The fraction of sp³-hybridized carbons (Fsp3) is 0.211. The lowest BCUT2D eigenvalue weighted by Gasteiger charge is -2.25. The molecule has 0 bridgehead atoms. The Morgan fingerprint density at radius 1 is 1.24 bits per heavy atom. The molecule has 4 rings (SSSR count). The molecule has 10 heteroatoms. The molecule has 0 spiro atoms. The molecule has 0 saturated heterocycles. The van der Waals surface area contributed by atoms with Crippen molar-refractivity contribution in [1.29, 1.82) is 0 Å². The number of H-pyrrole nitrogens is 1. The number of tetrazole rings is 1. The Balaban J connectivity index is 1.56. The first-order chi connectivity index (χ1) is 14.0. The molecule has 2 heterocycles. The average molecular weight is 426 g/mol. The normalized spacial score (nSPS) is 11.2. The van der Waals surface area contributed by atoms with Gasteiger partial charge in [0.1, 0.15) is 4.34 Å². The van der Waals surface area contributed by atoms with Crippen LogP contribution in [0.1, 0.15) is 13.8 Å². The Morgan fingerprint density at radius 2 is 2.03 bits per heavy atom. The number of rotatable bonds is 5. The molecule has 0 aliphatic heterocycles. The van der Waals surface area contributed by atoms with Gasteiger partial charge in [-0.05, 0) is 53.6 Å². The van der Waals surface area contributed by atoms with E-state index in [0.717, 1.165) is 21.5 Å². The van der Waals surface area contributed by atoms with E-state index in [2.05, 4.69) is 57.4 Å². The molecule has 0 unspecified atom stereocenters. The number of aromatic nitrogens is 5. The number of nitrogens with zero attached hydrogens (tertiary/aromatic N) is 5. The van der Waals surface area contributed by atoms with E-state index in [0.29, 0.717) is 28.3 Å². The summed E-state index contributed by atoms with van der Waals surface area (Å²) in [5.74, 6) is 0.810. The van der Waals surface area contributed by atoms with Crippen molar-refractivity contribution in [2.75, 3.05) is 16.8 Å². The third kappa shape index (κ3) is 4.38. The van der Waals surface area contributed by atoms with E-state index in [4.69, 9.17) is 0 Å². The Hall–Kier alpha value is -2.98. The summed E-state index contributed by atoms with van der Waals surface area (Å²) >= 11 is 5.81. The molecule has 2 aromatic carbocycles. The van der Waals surface area contributed by atoms with Gasteiger partial charge in [0.25, 0.3) is 0 Å². The van der Waals surface area contributed by atoms with Gasteiger partial charge in [0.15, 0.2) is 0 Å². The zero-order chi connectivity index (χ0) is 20.4. The summed E-state index contributed by atoms with van der Waals surface area (Å²) in [6.07, 6.45) is 0. The molecule has 8 nitrogen and oxygen atoms in total. The molecule has 2 N–H and O–H groups in total. The molecular weight excluding hydrogens is 406 g/mol. The van der Waals surface area contributed by atoms with Crippen molar-refractivity contribution in [2.45, 2.75) is 18.2 Å². The number of aromatic amines is 1. The molecule has 0 aliphatic carbocycles. The van der Waals surface area contributed by atoms with Crippen LogP contribution in [0, 0.1) is 5.92 Å². The minimum absolute atomic E-state index is 0.194. The summed E-state index contributed by atoms with van der Waals surface area (Å²) in [5, 5.41) is 16.9. The van der Waals surface area contributed by atoms with Crippen LogP contribution in [0.15, 0.2) is 46.8 Å². The molecule has 0 saturated carbocycles. The minimum Gasteiger partial charge on any atom is -0.308 e. The number of amides is 2. The van der Waals surface area contributed by atoms with Crippen molar-refractivity contribution in [3.05, 3.63) is 42.5 Å². The monoisotopic (exact) mass is 425 g/mol. The molecule has 2 aromatic heterocycles. The quantitative estimate of drug-likeness (QED) is 0.410. The highest BCUT2D eigenvalue weighted by atomic mass is 32.2. The number of carbonyl (C=O) groups is 1. The van der Waals surface area contributed by atoms with Gasteiger partial charge in [-0.2, -0.15) is 5.21 Å². The molecule has 0 fully saturated rings. The number of anilines is 2. The number of carbonyl (C=O) groups excluding carboxylic acids is 1. The van der Waals surface area contributed by atoms with Crippen LogP contribution in [0.2, 0.25) is 0 Å². The maximum atomic E-state index is 13.1. The number of benzene rings is 2. The number of urea groups is 1. The average Bonchev–Trinajstić information content (AvgIpc) is 3.34. The van der Waals surface area contributed by atoms with Gasteiger partial charge in [-0.25, -0.2) is 9.78 Å². The first-order valence-electron chi connectivity index (χ1n) is 9.01. The summed E-state index contributed by atoms with van der Waals surface area (Å²) in [7, 11) is 0. The second-order valence-electron chi connectivity index (χ2n) is 6.90. The second-order valence-corrected chi connectivity index (χ2v) is 8.65. The van der Waals surface area contributed by atoms with Gasteiger partial charge < -0.3 is 5.32 Å². The number of hydrogen-bond donors (Lipinski definition) is 3. The zero-order valence-corrected chi connectivity index (χ0v) is 17.5. The van der Waals surface area contributed by atoms with Crippen LogP contribution in [0.5, 0.6) is 0 Å². The molecule has 4 aromatic rings. The Bertz CT molecular complexity index is 1120. The van der Waals surface area contributed by atoms with E-state index in [-0.39, 0.29) is 6.03 Å². The van der Waals surface area contributed by atoms with Crippen LogP contribution >= 0.6 is 24.0 Å². The van der Waals surface area contributed by atoms with Gasteiger partial charge >= 0.3 is 6.03 Å². The Morgan fingerprint density at radius 3 is 2.72 bits per heavy atom. The molecule has 148 valence electrons. The first-order valence-corrected chi connectivity index (χ1v) is 10.3. The minimum atomic E-state index is -0.194. The fourth-order valence-electron chi connectivity index (χ4n) is 2.92. The number of thiazole rings is 1. The summed E-state index contributed by atoms with van der Waals surface area (Å²) in [6, 6.07) is 12.9. The topological polar surface area (TPSA) is 99.7 Å². The molecule has 0 aliphatic rings. The number of nitrogens with one attached hydrogen (secondary N) is 2. The van der Waals surface area contributed by atoms with Crippen molar-refractivity contribution in [3.8, 4) is 11.4 Å². The van der Waals surface area contributed by atoms with Gasteiger partial charge in [0.2, 0.25) is 5.82 Å². The highest BCUT2D eigenvalue weighted by Gasteiger charge is 2.18. The van der Waals surface area contributed by atoms with Crippen molar-refractivity contribution in [1.82, 2.24) is 25.6 Å². The van der Waals surface area contributed by atoms with Crippen LogP contribution in [-0.2, 0) is 0 Å². The standard InChI is InChI=1S/C19H19N7OS2/c1-11(2)10-26(14-7-8-15-16(9-14)29-19(28)21-15)18(27)20-13-5-3-12(4-6-13)17-22-24-25-23-17/h3-9,11H,10H2,1-2H3,(H,20,27)(H,21,28)(H,22,23,24,25). The van der Waals surface area contributed by atoms with Crippen LogP contribution in [0.25, 0.3) is 21.6 Å². The van der Waals surface area contributed by atoms with E-state index in [1.807, 2.05) is 42.5 Å². The van der Waals surface area contributed by atoms with Crippen molar-refractivity contribution < 1.29 is 4.79 Å². The van der Waals surface area contributed by atoms with E-state index in [1.165, 1.54) is 11.3 Å². The summed E-state index contributed by atoms with van der Waals surface area (Å²) in [4.78, 5) is 19.2. The lowest BCUT2D eigenvalue weighted by Crippen LogP contribution is -2.37. The molecule has 0 radical (unpaired) electrons. The maximum absolute atomic E-state index is 13.1. The van der Waals surface area contributed by atoms with Crippen molar-refractivity contribution in [3.63, 3.8) is 0 Å². The predicted octanol–water partition coefficient (Wildman–Crippen LogP) is 4.46. The van der Waals surface area contributed by atoms with Crippen LogP contribution < -0.4 is 10.2 Å².